The summed E-state index contributed by atoms with van der Waals surface area (Å²) in [6.07, 6.45) is 1.34. The topological polar surface area (TPSA) is 75.4 Å². The Balaban J connectivity index is 2.06. The summed E-state index contributed by atoms with van der Waals surface area (Å²) < 4.78 is 1.67. The quantitative estimate of drug-likeness (QED) is 0.902. The highest BCUT2D eigenvalue weighted by molar-refractivity contribution is 5.79. The number of hydrogen-bond acceptors (Lipinski definition) is 3. The minimum Gasteiger partial charge on any atom is -0.481 e. The van der Waals surface area contributed by atoms with Crippen molar-refractivity contribution < 1.29 is 14.7 Å². The summed E-state index contributed by atoms with van der Waals surface area (Å²) in [5.41, 5.74) is 0.987. The number of aliphatic carboxylic acids is 1. The van der Waals surface area contributed by atoms with Crippen LogP contribution in [0.15, 0.2) is 6.07 Å². The maximum Gasteiger partial charge on any atom is 0.311 e. The third-order valence-electron chi connectivity index (χ3n) is 3.95. The summed E-state index contributed by atoms with van der Waals surface area (Å²) in [5.74, 6) is -0.899. The molecule has 1 fully saturated rings. The van der Waals surface area contributed by atoms with Crippen molar-refractivity contribution in [3.8, 4) is 0 Å². The van der Waals surface area contributed by atoms with Crippen molar-refractivity contribution in [3.05, 3.63) is 17.5 Å². The largest absolute Gasteiger partial charge is 0.481 e. The van der Waals surface area contributed by atoms with E-state index in [0.717, 1.165) is 17.8 Å². The van der Waals surface area contributed by atoms with E-state index in [9.17, 15) is 14.7 Å². The Morgan fingerprint density at radius 3 is 2.70 bits per heavy atom. The molecule has 1 N–H and O–H groups in total. The summed E-state index contributed by atoms with van der Waals surface area (Å²) in [7, 11) is 0. The molecule has 0 spiro atoms. The second-order valence-corrected chi connectivity index (χ2v) is 5.87. The summed E-state index contributed by atoms with van der Waals surface area (Å²) in [4.78, 5) is 25.3. The van der Waals surface area contributed by atoms with Crippen molar-refractivity contribution in [3.63, 3.8) is 0 Å². The number of rotatable bonds is 3. The van der Waals surface area contributed by atoms with Gasteiger partial charge < -0.3 is 10.0 Å². The van der Waals surface area contributed by atoms with E-state index in [2.05, 4.69) is 5.10 Å². The van der Waals surface area contributed by atoms with Crippen LogP contribution in [-0.2, 0) is 16.1 Å². The number of carboxylic acid groups (broad SMARTS) is 1. The number of carbonyl (C=O) groups is 2. The molecule has 6 heteroatoms. The lowest BCUT2D eigenvalue weighted by atomic mass is 9.82. The van der Waals surface area contributed by atoms with Gasteiger partial charge in [0.05, 0.1) is 11.1 Å². The average molecular weight is 279 g/mol. The Morgan fingerprint density at radius 2 is 2.15 bits per heavy atom. The third-order valence-corrected chi connectivity index (χ3v) is 3.95. The average Bonchev–Trinajstić information content (AvgIpc) is 2.67. The number of amides is 1. The van der Waals surface area contributed by atoms with Gasteiger partial charge in [-0.2, -0.15) is 5.10 Å². The van der Waals surface area contributed by atoms with Gasteiger partial charge in [-0.05, 0) is 39.7 Å². The van der Waals surface area contributed by atoms with E-state index in [4.69, 9.17) is 0 Å². The normalized spacial score (nSPS) is 22.9. The van der Waals surface area contributed by atoms with Gasteiger partial charge in [-0.3, -0.25) is 14.3 Å². The summed E-state index contributed by atoms with van der Waals surface area (Å²) >= 11 is 0. The molecule has 1 aromatic rings. The Kier molecular flexibility index (Phi) is 3.83. The molecule has 0 saturated carbocycles. The number of piperidine rings is 1. The molecule has 2 rings (SSSR count). The van der Waals surface area contributed by atoms with Crippen LogP contribution in [-0.4, -0.2) is 44.8 Å². The molecule has 0 radical (unpaired) electrons. The van der Waals surface area contributed by atoms with Crippen molar-refractivity contribution in [2.24, 2.45) is 5.41 Å². The molecule has 1 amide bonds. The molecular formula is C14H21N3O3. The van der Waals surface area contributed by atoms with E-state index in [1.807, 2.05) is 19.9 Å². The van der Waals surface area contributed by atoms with Gasteiger partial charge in [-0.1, -0.05) is 0 Å². The second-order valence-electron chi connectivity index (χ2n) is 5.87. The van der Waals surface area contributed by atoms with Crippen LogP contribution in [0.2, 0.25) is 0 Å². The zero-order chi connectivity index (χ0) is 14.9. The maximum absolute atomic E-state index is 12.3. The molecule has 2 heterocycles. The van der Waals surface area contributed by atoms with Crippen molar-refractivity contribution in [2.45, 2.75) is 40.2 Å². The first-order valence-electron chi connectivity index (χ1n) is 6.84. The summed E-state index contributed by atoms with van der Waals surface area (Å²) in [5, 5.41) is 13.5. The van der Waals surface area contributed by atoms with Gasteiger partial charge in [-0.15, -0.1) is 0 Å². The number of aromatic nitrogens is 2. The smallest absolute Gasteiger partial charge is 0.311 e. The van der Waals surface area contributed by atoms with E-state index in [1.165, 1.54) is 0 Å². The van der Waals surface area contributed by atoms with Crippen molar-refractivity contribution in [1.29, 1.82) is 0 Å². The molecule has 1 saturated heterocycles. The fourth-order valence-corrected chi connectivity index (χ4v) is 2.69. The Labute approximate surface area is 118 Å². The zero-order valence-corrected chi connectivity index (χ0v) is 12.2. The number of hydrogen-bond donors (Lipinski definition) is 1. The molecule has 1 unspecified atom stereocenters. The number of carboxylic acids is 1. The second kappa shape index (κ2) is 5.26. The summed E-state index contributed by atoms with van der Waals surface area (Å²) in [6, 6.07) is 1.92. The first-order valence-corrected chi connectivity index (χ1v) is 6.84. The van der Waals surface area contributed by atoms with Crippen LogP contribution in [0, 0.1) is 19.3 Å². The molecular weight excluding hydrogens is 258 g/mol. The van der Waals surface area contributed by atoms with Gasteiger partial charge in [0.25, 0.3) is 0 Å². The molecule has 1 aromatic heterocycles. The van der Waals surface area contributed by atoms with Crippen LogP contribution in [0.25, 0.3) is 0 Å². The predicted octanol–water partition coefficient (Wildman–Crippen LogP) is 1.21. The van der Waals surface area contributed by atoms with E-state index in [-0.39, 0.29) is 19.0 Å². The highest BCUT2D eigenvalue weighted by atomic mass is 16.4. The van der Waals surface area contributed by atoms with Crippen molar-refractivity contribution in [1.82, 2.24) is 14.7 Å². The van der Waals surface area contributed by atoms with Crippen LogP contribution in [0.1, 0.15) is 31.2 Å². The van der Waals surface area contributed by atoms with Crippen LogP contribution in [0.5, 0.6) is 0 Å². The monoisotopic (exact) mass is 279 g/mol. The number of nitrogens with zero attached hydrogens (tertiary/aromatic N) is 3. The minimum atomic E-state index is -0.832. The lowest BCUT2D eigenvalue weighted by Crippen LogP contribution is -2.49. The Bertz CT molecular complexity index is 538. The fraction of sp³-hybridized carbons (Fsp3) is 0.643. The molecule has 110 valence electrons. The standard InChI is InChI=1S/C14H21N3O3/c1-10-7-11(2)17(15-10)8-12(18)16-6-4-5-14(3,9-16)13(19)20/h7H,4-6,8-9H2,1-3H3,(H,19,20). The van der Waals surface area contributed by atoms with E-state index in [1.54, 1.807) is 16.5 Å². The van der Waals surface area contributed by atoms with Crippen LogP contribution in [0.3, 0.4) is 0 Å². The Hall–Kier alpha value is -1.85. The van der Waals surface area contributed by atoms with Gasteiger partial charge >= 0.3 is 5.97 Å². The van der Waals surface area contributed by atoms with Gasteiger partial charge in [0, 0.05) is 18.8 Å². The van der Waals surface area contributed by atoms with Gasteiger partial charge in [-0.25, -0.2) is 0 Å². The predicted molar refractivity (Wildman–Crippen MR) is 73.3 cm³/mol. The van der Waals surface area contributed by atoms with Crippen molar-refractivity contribution in [2.75, 3.05) is 13.1 Å². The molecule has 0 aromatic carbocycles. The third kappa shape index (κ3) is 2.84. The number of likely N-dealkylation sites (tertiary alicyclic amines) is 1. The molecule has 1 atom stereocenters. The van der Waals surface area contributed by atoms with Gasteiger partial charge in [0.15, 0.2) is 0 Å². The van der Waals surface area contributed by atoms with E-state index < -0.39 is 11.4 Å². The lowest BCUT2D eigenvalue weighted by molar-refractivity contribution is -0.153. The van der Waals surface area contributed by atoms with Gasteiger partial charge in [0.1, 0.15) is 6.54 Å². The first kappa shape index (κ1) is 14.6. The highest BCUT2D eigenvalue weighted by Crippen LogP contribution is 2.29. The van der Waals surface area contributed by atoms with E-state index in [0.29, 0.717) is 13.0 Å². The SMILES string of the molecule is Cc1cc(C)n(CC(=O)N2CCCC(C)(C(=O)O)C2)n1. The number of aryl methyl sites for hydroxylation is 2. The lowest BCUT2D eigenvalue weighted by Gasteiger charge is -2.37. The molecule has 6 nitrogen and oxygen atoms in total. The van der Waals surface area contributed by atoms with Crippen LogP contribution in [0.4, 0.5) is 0 Å². The molecule has 0 aliphatic carbocycles. The maximum atomic E-state index is 12.3. The zero-order valence-electron chi connectivity index (χ0n) is 12.2. The van der Waals surface area contributed by atoms with Crippen molar-refractivity contribution >= 4 is 11.9 Å². The molecule has 1 aliphatic rings. The van der Waals surface area contributed by atoms with E-state index >= 15 is 0 Å². The molecule has 0 bridgehead atoms. The molecule has 1 aliphatic heterocycles. The molecule has 20 heavy (non-hydrogen) atoms. The minimum absolute atomic E-state index is 0.0663. The van der Waals surface area contributed by atoms with Crippen LogP contribution < -0.4 is 0 Å². The summed E-state index contributed by atoms with van der Waals surface area (Å²) in [6.45, 7) is 6.58. The van der Waals surface area contributed by atoms with Gasteiger partial charge in [0.2, 0.25) is 5.91 Å². The highest BCUT2D eigenvalue weighted by Gasteiger charge is 2.39. The number of carbonyl (C=O) groups excluding carboxylic acids is 1. The first-order chi connectivity index (χ1) is 9.32. The van der Waals surface area contributed by atoms with Crippen LogP contribution >= 0.6 is 0 Å². The fourth-order valence-electron chi connectivity index (χ4n) is 2.69. The Morgan fingerprint density at radius 1 is 1.45 bits per heavy atom.